The normalized spacial score (nSPS) is 11.0. The van der Waals surface area contributed by atoms with Gasteiger partial charge in [0.1, 0.15) is 5.75 Å². The second-order valence-corrected chi connectivity index (χ2v) is 3.43. The summed E-state index contributed by atoms with van der Waals surface area (Å²) in [5.41, 5.74) is 0.797. The van der Waals surface area contributed by atoms with Crippen LogP contribution in [0.15, 0.2) is 24.3 Å². The molecule has 76 valence electrons. The minimum atomic E-state index is 0.221. The quantitative estimate of drug-likeness (QED) is 0.751. The molecule has 2 N–H and O–H groups in total. The van der Waals surface area contributed by atoms with Crippen molar-refractivity contribution in [3.63, 3.8) is 0 Å². The summed E-state index contributed by atoms with van der Waals surface area (Å²) in [6, 6.07) is 5.10. The molecule has 0 saturated heterocycles. The van der Waals surface area contributed by atoms with Crippen molar-refractivity contribution in [2.45, 2.75) is 6.42 Å². The molecule has 0 bridgehead atoms. The van der Waals surface area contributed by atoms with Gasteiger partial charge in [-0.05, 0) is 38.2 Å². The van der Waals surface area contributed by atoms with Crippen molar-refractivity contribution in [3.05, 3.63) is 34.9 Å². The van der Waals surface area contributed by atoms with E-state index in [2.05, 4.69) is 5.32 Å². The zero-order valence-electron chi connectivity index (χ0n) is 8.13. The monoisotopic (exact) mass is 211 g/mol. The van der Waals surface area contributed by atoms with Crippen LogP contribution in [0.4, 0.5) is 0 Å². The van der Waals surface area contributed by atoms with Crippen molar-refractivity contribution in [2.24, 2.45) is 0 Å². The molecule has 0 amide bonds. The minimum Gasteiger partial charge on any atom is -0.507 e. The number of phenolic OH excluding ortho intramolecular Hbond substituents is 1. The Morgan fingerprint density at radius 3 is 2.93 bits per heavy atom. The summed E-state index contributed by atoms with van der Waals surface area (Å²) in [6.45, 7) is 0.935. The fourth-order valence-corrected chi connectivity index (χ4v) is 1.26. The molecule has 0 saturated carbocycles. The van der Waals surface area contributed by atoms with Gasteiger partial charge in [-0.25, -0.2) is 0 Å². The Balaban J connectivity index is 2.62. The first-order chi connectivity index (χ1) is 6.74. The van der Waals surface area contributed by atoms with Crippen LogP contribution in [0.2, 0.25) is 5.02 Å². The molecule has 2 nitrogen and oxygen atoms in total. The Kier molecular flexibility index (Phi) is 4.50. The third kappa shape index (κ3) is 3.40. The molecule has 3 heteroatoms. The van der Waals surface area contributed by atoms with Crippen LogP contribution in [0, 0.1) is 0 Å². The number of phenols is 1. The van der Waals surface area contributed by atoms with Crippen molar-refractivity contribution in [2.75, 3.05) is 13.6 Å². The number of halogens is 1. The largest absolute Gasteiger partial charge is 0.507 e. The molecule has 0 aliphatic carbocycles. The number of aromatic hydroxyl groups is 1. The Labute approximate surface area is 89.2 Å². The van der Waals surface area contributed by atoms with Gasteiger partial charge in [0.25, 0.3) is 0 Å². The van der Waals surface area contributed by atoms with E-state index in [4.69, 9.17) is 11.6 Å². The lowest BCUT2D eigenvalue weighted by Crippen LogP contribution is -2.05. The molecule has 14 heavy (non-hydrogen) atoms. The minimum absolute atomic E-state index is 0.221. The molecular formula is C11H14ClNO. The average Bonchev–Trinajstić information content (AvgIpc) is 2.15. The maximum Gasteiger partial charge on any atom is 0.124 e. The molecule has 0 aromatic heterocycles. The Hall–Kier alpha value is -0.990. The summed E-state index contributed by atoms with van der Waals surface area (Å²) in [6.07, 6.45) is 4.85. The topological polar surface area (TPSA) is 32.3 Å². The lowest BCUT2D eigenvalue weighted by molar-refractivity contribution is 0.474. The van der Waals surface area contributed by atoms with Crippen LogP contribution >= 0.6 is 11.6 Å². The highest BCUT2D eigenvalue weighted by Crippen LogP contribution is 2.22. The first-order valence-corrected chi connectivity index (χ1v) is 4.91. The molecule has 0 aliphatic rings. The molecule has 1 rings (SSSR count). The molecule has 1 aromatic carbocycles. The van der Waals surface area contributed by atoms with Crippen molar-refractivity contribution >= 4 is 17.7 Å². The molecule has 0 radical (unpaired) electrons. The fourth-order valence-electron chi connectivity index (χ4n) is 1.10. The van der Waals surface area contributed by atoms with E-state index in [1.807, 2.05) is 19.2 Å². The standard InChI is InChI=1S/C11H14ClNO/c1-13-7-3-2-4-9-5-6-10(12)8-11(9)14/h2,4-6,8,13-14H,3,7H2,1H3. The summed E-state index contributed by atoms with van der Waals surface area (Å²) in [7, 11) is 1.91. The van der Waals surface area contributed by atoms with Crippen LogP contribution in [0.1, 0.15) is 12.0 Å². The Morgan fingerprint density at radius 1 is 1.50 bits per heavy atom. The smallest absolute Gasteiger partial charge is 0.124 e. The summed E-state index contributed by atoms with van der Waals surface area (Å²) in [4.78, 5) is 0. The van der Waals surface area contributed by atoms with E-state index in [0.29, 0.717) is 5.02 Å². The predicted octanol–water partition coefficient (Wildman–Crippen LogP) is 2.67. The van der Waals surface area contributed by atoms with E-state index < -0.39 is 0 Å². The van der Waals surface area contributed by atoms with Crippen LogP contribution in [0.5, 0.6) is 5.75 Å². The third-order valence-electron chi connectivity index (χ3n) is 1.85. The third-order valence-corrected chi connectivity index (χ3v) is 2.09. The molecule has 0 unspecified atom stereocenters. The molecule has 0 fully saturated rings. The zero-order chi connectivity index (χ0) is 10.4. The first-order valence-electron chi connectivity index (χ1n) is 4.53. The van der Waals surface area contributed by atoms with E-state index in [9.17, 15) is 5.11 Å². The highest BCUT2D eigenvalue weighted by atomic mass is 35.5. The SMILES string of the molecule is CNCCC=Cc1ccc(Cl)cc1O. The highest BCUT2D eigenvalue weighted by Gasteiger charge is 1.96. The van der Waals surface area contributed by atoms with Crippen LogP contribution in [0.25, 0.3) is 6.08 Å². The maximum absolute atomic E-state index is 9.50. The lowest BCUT2D eigenvalue weighted by atomic mass is 10.2. The second kappa shape index (κ2) is 5.68. The van der Waals surface area contributed by atoms with E-state index in [-0.39, 0.29) is 5.75 Å². The number of nitrogens with one attached hydrogen (secondary N) is 1. The second-order valence-electron chi connectivity index (χ2n) is 3.00. The van der Waals surface area contributed by atoms with Gasteiger partial charge in [0, 0.05) is 10.6 Å². The van der Waals surface area contributed by atoms with E-state index >= 15 is 0 Å². The summed E-state index contributed by atoms with van der Waals surface area (Å²) in [5.74, 6) is 0.221. The van der Waals surface area contributed by atoms with Crippen LogP contribution in [0.3, 0.4) is 0 Å². The Morgan fingerprint density at radius 2 is 2.29 bits per heavy atom. The van der Waals surface area contributed by atoms with Crippen molar-refractivity contribution < 1.29 is 5.11 Å². The van der Waals surface area contributed by atoms with Gasteiger partial charge < -0.3 is 10.4 Å². The van der Waals surface area contributed by atoms with Gasteiger partial charge in [0.15, 0.2) is 0 Å². The van der Waals surface area contributed by atoms with Gasteiger partial charge in [0.2, 0.25) is 0 Å². The molecule has 0 aliphatic heterocycles. The molecular weight excluding hydrogens is 198 g/mol. The van der Waals surface area contributed by atoms with Gasteiger partial charge in [0.05, 0.1) is 0 Å². The number of rotatable bonds is 4. The van der Waals surface area contributed by atoms with Gasteiger partial charge in [-0.2, -0.15) is 0 Å². The van der Waals surface area contributed by atoms with Crippen molar-refractivity contribution in [1.82, 2.24) is 5.32 Å². The average molecular weight is 212 g/mol. The van der Waals surface area contributed by atoms with E-state index in [1.54, 1.807) is 18.2 Å². The van der Waals surface area contributed by atoms with Crippen LogP contribution in [-0.4, -0.2) is 18.7 Å². The number of hydrogen-bond donors (Lipinski definition) is 2. The summed E-state index contributed by atoms with van der Waals surface area (Å²) >= 11 is 5.71. The fraction of sp³-hybridized carbons (Fsp3) is 0.273. The molecule has 0 spiro atoms. The van der Waals surface area contributed by atoms with Crippen molar-refractivity contribution in [3.8, 4) is 5.75 Å². The zero-order valence-corrected chi connectivity index (χ0v) is 8.88. The van der Waals surface area contributed by atoms with Gasteiger partial charge in [-0.3, -0.25) is 0 Å². The van der Waals surface area contributed by atoms with Crippen LogP contribution < -0.4 is 5.32 Å². The van der Waals surface area contributed by atoms with Gasteiger partial charge >= 0.3 is 0 Å². The summed E-state index contributed by atoms with van der Waals surface area (Å²) < 4.78 is 0. The highest BCUT2D eigenvalue weighted by molar-refractivity contribution is 6.30. The summed E-state index contributed by atoms with van der Waals surface area (Å²) in [5, 5.41) is 13.1. The maximum atomic E-state index is 9.50. The Bertz CT molecular complexity index is 323. The van der Waals surface area contributed by atoms with Crippen molar-refractivity contribution in [1.29, 1.82) is 0 Å². The van der Waals surface area contributed by atoms with E-state index in [0.717, 1.165) is 18.5 Å². The van der Waals surface area contributed by atoms with Gasteiger partial charge in [-0.1, -0.05) is 23.8 Å². The van der Waals surface area contributed by atoms with Gasteiger partial charge in [-0.15, -0.1) is 0 Å². The van der Waals surface area contributed by atoms with Crippen LogP contribution in [-0.2, 0) is 0 Å². The first kappa shape index (κ1) is 11.1. The van der Waals surface area contributed by atoms with E-state index in [1.165, 1.54) is 0 Å². The number of benzene rings is 1. The lowest BCUT2D eigenvalue weighted by Gasteiger charge is -1.99. The molecule has 0 heterocycles. The predicted molar refractivity (Wildman–Crippen MR) is 60.7 cm³/mol. The molecule has 1 aromatic rings. The number of hydrogen-bond acceptors (Lipinski definition) is 2. The molecule has 0 atom stereocenters.